The fraction of sp³-hybridized carbons (Fsp3) is 0.118. The number of fused-ring (bicyclic) bond motifs is 1. The second kappa shape index (κ2) is 6.18. The van der Waals surface area contributed by atoms with Gasteiger partial charge >= 0.3 is 0 Å². The average Bonchev–Trinajstić information content (AvgIpc) is 3.29. The van der Waals surface area contributed by atoms with Crippen molar-refractivity contribution in [1.82, 2.24) is 14.6 Å². The van der Waals surface area contributed by atoms with Gasteiger partial charge in [-0.2, -0.15) is 0 Å². The van der Waals surface area contributed by atoms with Gasteiger partial charge in [-0.1, -0.05) is 35.6 Å². The minimum atomic E-state index is 0.0502. The number of nitrogens with zero attached hydrogens (tertiary/aromatic N) is 3. The molecule has 120 valence electrons. The van der Waals surface area contributed by atoms with Gasteiger partial charge in [0.05, 0.1) is 18.4 Å². The lowest BCUT2D eigenvalue weighted by Crippen LogP contribution is -1.98. The van der Waals surface area contributed by atoms with Gasteiger partial charge in [-0.3, -0.25) is 4.79 Å². The van der Waals surface area contributed by atoms with Crippen LogP contribution in [0.5, 0.6) is 0 Å². The summed E-state index contributed by atoms with van der Waals surface area (Å²) < 4.78 is 1.82. The maximum atomic E-state index is 11.6. The highest BCUT2D eigenvalue weighted by atomic mass is 32.1. The van der Waals surface area contributed by atoms with Crippen LogP contribution in [0.25, 0.3) is 16.2 Å². The van der Waals surface area contributed by atoms with Gasteiger partial charge in [-0.05, 0) is 24.4 Å². The molecule has 3 aromatic heterocycles. The van der Waals surface area contributed by atoms with Crippen LogP contribution in [-0.4, -0.2) is 20.4 Å². The van der Waals surface area contributed by atoms with E-state index in [9.17, 15) is 4.79 Å². The van der Waals surface area contributed by atoms with Crippen LogP contribution in [0.3, 0.4) is 0 Å². The third-order valence-corrected chi connectivity index (χ3v) is 5.40. The molecule has 1 aromatic carbocycles. The highest BCUT2D eigenvalue weighted by Gasteiger charge is 2.12. The van der Waals surface area contributed by atoms with Gasteiger partial charge in [0.2, 0.25) is 10.1 Å². The van der Waals surface area contributed by atoms with E-state index in [0.29, 0.717) is 5.56 Å². The molecule has 0 spiro atoms. The molecule has 3 heterocycles. The average molecular weight is 354 g/mol. The van der Waals surface area contributed by atoms with Crippen molar-refractivity contribution in [2.45, 2.75) is 13.5 Å². The molecule has 0 fully saturated rings. The van der Waals surface area contributed by atoms with E-state index in [1.54, 1.807) is 24.5 Å². The number of benzene rings is 1. The normalized spacial score (nSPS) is 11.0. The maximum Gasteiger partial charge on any atom is 0.214 e. The molecule has 7 heteroatoms. The zero-order valence-corrected chi connectivity index (χ0v) is 14.5. The number of thiophene rings is 1. The van der Waals surface area contributed by atoms with Crippen molar-refractivity contribution in [3.8, 4) is 11.3 Å². The van der Waals surface area contributed by atoms with Gasteiger partial charge < -0.3 is 5.32 Å². The van der Waals surface area contributed by atoms with E-state index in [2.05, 4.69) is 26.8 Å². The summed E-state index contributed by atoms with van der Waals surface area (Å²) in [5.41, 5.74) is 2.51. The summed E-state index contributed by atoms with van der Waals surface area (Å²) in [6, 6.07) is 11.7. The predicted molar refractivity (Wildman–Crippen MR) is 98.0 cm³/mol. The monoisotopic (exact) mass is 354 g/mol. The molecule has 0 aliphatic rings. The third-order valence-electron chi connectivity index (χ3n) is 3.64. The van der Waals surface area contributed by atoms with E-state index in [0.717, 1.165) is 27.9 Å². The topological polar surface area (TPSA) is 59.3 Å². The molecule has 0 bridgehead atoms. The van der Waals surface area contributed by atoms with Gasteiger partial charge in [0.15, 0.2) is 5.78 Å². The molecule has 24 heavy (non-hydrogen) atoms. The summed E-state index contributed by atoms with van der Waals surface area (Å²) in [5, 5.41) is 10.8. The fourth-order valence-corrected chi connectivity index (χ4v) is 3.85. The number of hydrogen-bond acceptors (Lipinski definition) is 6. The summed E-state index contributed by atoms with van der Waals surface area (Å²) >= 11 is 3.23. The molecule has 0 aliphatic carbocycles. The van der Waals surface area contributed by atoms with Crippen molar-refractivity contribution in [2.75, 3.05) is 5.32 Å². The van der Waals surface area contributed by atoms with Gasteiger partial charge in [0, 0.05) is 16.0 Å². The number of carbonyl (C=O) groups is 1. The van der Waals surface area contributed by atoms with Crippen LogP contribution in [0.1, 0.15) is 22.2 Å². The van der Waals surface area contributed by atoms with Crippen LogP contribution >= 0.6 is 22.7 Å². The number of nitrogens with one attached hydrogen (secondary N) is 1. The van der Waals surface area contributed by atoms with Gasteiger partial charge in [0.25, 0.3) is 0 Å². The Kier molecular flexibility index (Phi) is 3.87. The molecule has 0 atom stereocenters. The smallest absolute Gasteiger partial charge is 0.214 e. The molecule has 0 saturated carbocycles. The summed E-state index contributed by atoms with van der Waals surface area (Å²) in [6.07, 6.45) is 1.79. The van der Waals surface area contributed by atoms with E-state index in [1.165, 1.54) is 16.2 Å². The molecule has 5 nitrogen and oxygen atoms in total. The number of aromatic nitrogens is 3. The van der Waals surface area contributed by atoms with E-state index in [4.69, 9.17) is 0 Å². The lowest BCUT2D eigenvalue weighted by atomic mass is 10.1. The zero-order valence-electron chi connectivity index (χ0n) is 12.9. The van der Waals surface area contributed by atoms with Crippen molar-refractivity contribution in [3.05, 3.63) is 58.4 Å². The van der Waals surface area contributed by atoms with Crippen molar-refractivity contribution >= 4 is 38.5 Å². The Morgan fingerprint density at radius 1 is 1.29 bits per heavy atom. The Morgan fingerprint density at radius 2 is 2.21 bits per heavy atom. The standard InChI is InChI=1S/C17H14N4OS2/c1-11(22)12-4-2-5-13(8-12)15-10-19-17-21(15)20-16(24-17)18-9-14-6-3-7-23-14/h2-8,10H,9H2,1H3,(H,18,20). The fourth-order valence-electron chi connectivity index (χ4n) is 2.43. The Balaban J connectivity index is 1.64. The van der Waals surface area contributed by atoms with Gasteiger partial charge in [0.1, 0.15) is 0 Å². The summed E-state index contributed by atoms with van der Waals surface area (Å²) in [7, 11) is 0. The van der Waals surface area contributed by atoms with Crippen molar-refractivity contribution < 1.29 is 4.79 Å². The second-order valence-electron chi connectivity index (χ2n) is 5.31. The lowest BCUT2D eigenvalue weighted by molar-refractivity contribution is 0.101. The Hall–Kier alpha value is -2.51. The van der Waals surface area contributed by atoms with Crippen molar-refractivity contribution in [2.24, 2.45) is 0 Å². The molecule has 4 aromatic rings. The quantitative estimate of drug-likeness (QED) is 0.542. The van der Waals surface area contributed by atoms with Crippen LogP contribution in [0.4, 0.5) is 5.13 Å². The van der Waals surface area contributed by atoms with Crippen LogP contribution in [-0.2, 0) is 6.54 Å². The predicted octanol–water partition coefficient (Wildman–Crippen LogP) is 4.33. The molecule has 0 aliphatic heterocycles. The number of rotatable bonds is 5. The van der Waals surface area contributed by atoms with E-state index in [-0.39, 0.29) is 5.78 Å². The van der Waals surface area contributed by atoms with E-state index in [1.807, 2.05) is 34.8 Å². The first-order valence-electron chi connectivity index (χ1n) is 7.43. The summed E-state index contributed by atoms with van der Waals surface area (Å²) in [4.78, 5) is 18.1. The molecular weight excluding hydrogens is 340 g/mol. The molecule has 4 rings (SSSR count). The number of hydrogen-bond donors (Lipinski definition) is 1. The second-order valence-corrected chi connectivity index (χ2v) is 7.30. The number of carbonyl (C=O) groups excluding carboxylic acids is 1. The first-order chi connectivity index (χ1) is 11.7. The zero-order chi connectivity index (χ0) is 16.5. The SMILES string of the molecule is CC(=O)c1cccc(-c2cnc3sc(NCc4cccs4)nn23)c1. The lowest BCUT2D eigenvalue weighted by Gasteiger charge is -2.01. The summed E-state index contributed by atoms with van der Waals surface area (Å²) in [6.45, 7) is 2.32. The minimum Gasteiger partial charge on any atom is -0.355 e. The van der Waals surface area contributed by atoms with Crippen LogP contribution in [0.15, 0.2) is 48.0 Å². The van der Waals surface area contributed by atoms with Crippen LogP contribution in [0, 0.1) is 0 Å². The first kappa shape index (κ1) is 15.0. The van der Waals surface area contributed by atoms with Crippen LogP contribution < -0.4 is 5.32 Å². The van der Waals surface area contributed by atoms with E-state index >= 15 is 0 Å². The Bertz CT molecular complexity index is 1000. The number of anilines is 1. The molecule has 1 N–H and O–H groups in total. The van der Waals surface area contributed by atoms with E-state index < -0.39 is 0 Å². The minimum absolute atomic E-state index is 0.0502. The van der Waals surface area contributed by atoms with Crippen LogP contribution in [0.2, 0.25) is 0 Å². The maximum absolute atomic E-state index is 11.6. The molecular formula is C17H14N4OS2. The Morgan fingerprint density at radius 3 is 3.00 bits per heavy atom. The van der Waals surface area contributed by atoms with Crippen molar-refractivity contribution in [1.29, 1.82) is 0 Å². The summed E-state index contributed by atoms with van der Waals surface area (Å²) in [5.74, 6) is 0.0502. The third kappa shape index (κ3) is 2.83. The molecule has 0 saturated heterocycles. The molecule has 0 amide bonds. The Labute approximate surface area is 146 Å². The number of imidazole rings is 1. The van der Waals surface area contributed by atoms with Gasteiger partial charge in [-0.25, -0.2) is 9.50 Å². The molecule has 0 radical (unpaired) electrons. The highest BCUT2D eigenvalue weighted by Crippen LogP contribution is 2.27. The molecule has 0 unspecified atom stereocenters. The number of Topliss-reactive ketones (excluding diaryl/α,β-unsaturated/α-hetero) is 1. The largest absolute Gasteiger partial charge is 0.355 e. The number of ketones is 1. The first-order valence-corrected chi connectivity index (χ1v) is 9.12. The highest BCUT2D eigenvalue weighted by molar-refractivity contribution is 7.20. The van der Waals surface area contributed by atoms with Gasteiger partial charge in [-0.15, -0.1) is 16.4 Å². The van der Waals surface area contributed by atoms with Crippen molar-refractivity contribution in [3.63, 3.8) is 0 Å².